The van der Waals surface area contributed by atoms with Crippen LogP contribution in [0.1, 0.15) is 22.3 Å². The summed E-state index contributed by atoms with van der Waals surface area (Å²) in [5, 5.41) is 16.8. The van der Waals surface area contributed by atoms with E-state index >= 15 is 0 Å². The van der Waals surface area contributed by atoms with E-state index in [4.69, 9.17) is 37.6 Å². The van der Waals surface area contributed by atoms with E-state index in [-0.39, 0.29) is 25.5 Å². The molecule has 1 heterocycles. The summed E-state index contributed by atoms with van der Waals surface area (Å²) in [6.07, 6.45) is 0.451. The van der Waals surface area contributed by atoms with Gasteiger partial charge in [0.25, 0.3) is 5.91 Å². The van der Waals surface area contributed by atoms with Gasteiger partial charge in [-0.25, -0.2) is 0 Å². The third-order valence-electron chi connectivity index (χ3n) is 5.35. The molecule has 0 radical (unpaired) electrons. The summed E-state index contributed by atoms with van der Waals surface area (Å²) in [7, 11) is 0. The number of halogens is 2. The van der Waals surface area contributed by atoms with Gasteiger partial charge in [0.1, 0.15) is 23.6 Å². The van der Waals surface area contributed by atoms with Crippen LogP contribution in [-0.4, -0.2) is 35.3 Å². The maximum atomic E-state index is 13.3. The Morgan fingerprint density at radius 1 is 0.972 bits per heavy atom. The lowest BCUT2D eigenvalue weighted by atomic mass is 10.00. The number of carbonyl (C=O) groups excluding carboxylic acids is 1. The molecule has 1 aromatic heterocycles. The fraction of sp³-hybridized carbons (Fsp3) is 0.148. The molecular formula is C27H22Cl2N2O5. The number of rotatable bonds is 10. The number of carboxylic acids is 1. The number of hydrogen-bond acceptors (Lipinski definition) is 5. The molecule has 0 spiro atoms. The largest absolute Gasteiger partial charge is 0.490 e. The average Bonchev–Trinajstić information content (AvgIpc) is 3.32. The second-order valence-electron chi connectivity index (χ2n) is 7.87. The molecule has 3 aromatic carbocycles. The van der Waals surface area contributed by atoms with Crippen molar-refractivity contribution in [2.24, 2.45) is 0 Å². The summed E-state index contributed by atoms with van der Waals surface area (Å²) in [4.78, 5) is 24.1. The van der Waals surface area contributed by atoms with Gasteiger partial charge in [0.15, 0.2) is 5.76 Å². The molecule has 0 atom stereocenters. The van der Waals surface area contributed by atoms with Crippen LogP contribution >= 0.6 is 23.2 Å². The minimum absolute atomic E-state index is 0.0401. The van der Waals surface area contributed by atoms with Crippen LogP contribution < -0.4 is 10.1 Å². The molecular weight excluding hydrogens is 503 g/mol. The average molecular weight is 525 g/mol. The van der Waals surface area contributed by atoms with Crippen LogP contribution in [0.3, 0.4) is 0 Å². The lowest BCUT2D eigenvalue weighted by molar-refractivity contribution is -0.136. The second-order valence-corrected chi connectivity index (χ2v) is 8.71. The van der Waals surface area contributed by atoms with Gasteiger partial charge in [0.05, 0.1) is 11.6 Å². The summed E-state index contributed by atoms with van der Waals surface area (Å²) >= 11 is 12.0. The number of ether oxygens (including phenoxy) is 1. The van der Waals surface area contributed by atoms with Gasteiger partial charge in [-0.3, -0.25) is 9.59 Å². The number of carbonyl (C=O) groups is 2. The molecule has 0 bridgehead atoms. The van der Waals surface area contributed by atoms with E-state index in [1.807, 2.05) is 42.5 Å². The molecule has 4 rings (SSSR count). The Morgan fingerprint density at radius 2 is 1.72 bits per heavy atom. The maximum absolute atomic E-state index is 13.3. The quantitative estimate of drug-likeness (QED) is 0.241. The number of nitrogens with zero attached hydrogens (tertiary/aromatic N) is 1. The fourth-order valence-electron chi connectivity index (χ4n) is 3.57. The van der Waals surface area contributed by atoms with Gasteiger partial charge in [-0.05, 0) is 30.2 Å². The highest BCUT2D eigenvalue weighted by molar-refractivity contribution is 6.35. The smallest absolute Gasteiger partial charge is 0.303 e. The van der Waals surface area contributed by atoms with Crippen molar-refractivity contribution in [1.82, 2.24) is 10.5 Å². The Hall–Kier alpha value is -3.81. The predicted octanol–water partition coefficient (Wildman–Crippen LogP) is 6.14. The zero-order valence-electron chi connectivity index (χ0n) is 19.0. The maximum Gasteiger partial charge on any atom is 0.303 e. The van der Waals surface area contributed by atoms with Crippen molar-refractivity contribution in [2.45, 2.75) is 12.8 Å². The van der Waals surface area contributed by atoms with Gasteiger partial charge in [0, 0.05) is 22.6 Å². The van der Waals surface area contributed by atoms with Gasteiger partial charge < -0.3 is 19.7 Å². The Labute approximate surface area is 217 Å². The first-order chi connectivity index (χ1) is 17.4. The van der Waals surface area contributed by atoms with Crippen molar-refractivity contribution in [1.29, 1.82) is 0 Å². The molecule has 4 aromatic rings. The monoisotopic (exact) mass is 524 g/mol. The molecule has 7 nitrogen and oxygen atoms in total. The van der Waals surface area contributed by atoms with Crippen molar-refractivity contribution in [3.63, 3.8) is 0 Å². The van der Waals surface area contributed by atoms with Gasteiger partial charge in [0.2, 0.25) is 0 Å². The number of carboxylic acid groups (broad SMARTS) is 1. The molecule has 0 saturated heterocycles. The number of amides is 1. The van der Waals surface area contributed by atoms with Crippen molar-refractivity contribution >= 4 is 35.1 Å². The van der Waals surface area contributed by atoms with Gasteiger partial charge in [-0.1, -0.05) is 83.0 Å². The van der Waals surface area contributed by atoms with Crippen LogP contribution in [0.2, 0.25) is 10.0 Å². The van der Waals surface area contributed by atoms with Crippen molar-refractivity contribution in [2.75, 3.05) is 13.2 Å². The first-order valence-corrected chi connectivity index (χ1v) is 11.9. The van der Waals surface area contributed by atoms with Crippen molar-refractivity contribution < 1.29 is 24.0 Å². The Balaban J connectivity index is 1.53. The third-order valence-corrected chi connectivity index (χ3v) is 5.88. The van der Waals surface area contributed by atoms with Crippen LogP contribution in [0.4, 0.5) is 0 Å². The molecule has 0 aliphatic rings. The molecule has 9 heteroatoms. The minimum atomic E-state index is -0.857. The standard InChI is InChI=1S/C27H22Cl2N2O5/c28-20-11-12-22(21(29)16-20)35-15-14-30-27(34)24-25(31-36-26(24)19-4-2-1-3-5-19)18-9-6-17(7-10-18)8-13-23(32)33/h1-7,9-12,16H,8,13-15H2,(H,30,34)(H,32,33). The zero-order chi connectivity index (χ0) is 25.5. The predicted molar refractivity (Wildman–Crippen MR) is 138 cm³/mol. The zero-order valence-corrected chi connectivity index (χ0v) is 20.6. The number of hydrogen-bond donors (Lipinski definition) is 2. The molecule has 0 saturated carbocycles. The Bertz CT molecular complexity index is 1350. The number of nitrogens with one attached hydrogen (secondary N) is 1. The van der Waals surface area contributed by atoms with Crippen LogP contribution in [0.5, 0.6) is 5.75 Å². The summed E-state index contributed by atoms with van der Waals surface area (Å²) in [5.74, 6) is -0.413. The topological polar surface area (TPSA) is 102 Å². The fourth-order valence-corrected chi connectivity index (χ4v) is 4.03. The van der Waals surface area contributed by atoms with E-state index < -0.39 is 5.97 Å². The van der Waals surface area contributed by atoms with Crippen LogP contribution in [-0.2, 0) is 11.2 Å². The first-order valence-electron chi connectivity index (χ1n) is 11.1. The summed E-state index contributed by atoms with van der Waals surface area (Å²) in [5.41, 5.74) is 2.94. The van der Waals surface area contributed by atoms with E-state index in [2.05, 4.69) is 10.5 Å². The third kappa shape index (κ3) is 6.24. The Morgan fingerprint density at radius 3 is 2.42 bits per heavy atom. The van der Waals surface area contributed by atoms with E-state index in [1.54, 1.807) is 30.3 Å². The summed E-state index contributed by atoms with van der Waals surface area (Å²) < 4.78 is 11.3. The summed E-state index contributed by atoms with van der Waals surface area (Å²) in [6.45, 7) is 0.400. The molecule has 2 N–H and O–H groups in total. The number of aryl methyl sites for hydroxylation is 1. The van der Waals surface area contributed by atoms with E-state index in [1.165, 1.54) is 0 Å². The highest BCUT2D eigenvalue weighted by Crippen LogP contribution is 2.32. The van der Waals surface area contributed by atoms with Gasteiger partial charge in [-0.15, -0.1) is 0 Å². The highest BCUT2D eigenvalue weighted by Gasteiger charge is 2.25. The minimum Gasteiger partial charge on any atom is -0.490 e. The normalized spacial score (nSPS) is 10.7. The lowest BCUT2D eigenvalue weighted by Gasteiger charge is -2.10. The van der Waals surface area contributed by atoms with E-state index in [0.29, 0.717) is 50.4 Å². The molecule has 0 aliphatic carbocycles. The molecule has 36 heavy (non-hydrogen) atoms. The SMILES string of the molecule is O=C(O)CCc1ccc(-c2noc(-c3ccccc3)c2C(=O)NCCOc2ccc(Cl)cc2Cl)cc1. The Kier molecular flexibility index (Phi) is 8.25. The van der Waals surface area contributed by atoms with Crippen LogP contribution in [0.15, 0.2) is 77.3 Å². The molecule has 0 unspecified atom stereocenters. The highest BCUT2D eigenvalue weighted by atomic mass is 35.5. The second kappa shape index (κ2) is 11.7. The number of benzene rings is 3. The van der Waals surface area contributed by atoms with E-state index in [0.717, 1.165) is 5.56 Å². The lowest BCUT2D eigenvalue weighted by Crippen LogP contribution is -2.28. The summed E-state index contributed by atoms with van der Waals surface area (Å²) in [6, 6.07) is 21.4. The molecule has 0 aliphatic heterocycles. The van der Waals surface area contributed by atoms with Crippen molar-refractivity contribution in [3.8, 4) is 28.3 Å². The first kappa shape index (κ1) is 25.3. The number of aromatic nitrogens is 1. The van der Waals surface area contributed by atoms with Gasteiger partial charge in [-0.2, -0.15) is 0 Å². The molecule has 0 fully saturated rings. The van der Waals surface area contributed by atoms with Crippen LogP contribution in [0, 0.1) is 0 Å². The van der Waals surface area contributed by atoms with E-state index in [9.17, 15) is 9.59 Å². The van der Waals surface area contributed by atoms with Crippen LogP contribution in [0.25, 0.3) is 22.6 Å². The molecule has 184 valence electrons. The number of aliphatic carboxylic acids is 1. The van der Waals surface area contributed by atoms with Crippen molar-refractivity contribution in [3.05, 3.63) is 94.0 Å². The van der Waals surface area contributed by atoms with Gasteiger partial charge >= 0.3 is 5.97 Å². The molecule has 1 amide bonds.